The van der Waals surface area contributed by atoms with Gasteiger partial charge >= 0.3 is 0 Å². The van der Waals surface area contributed by atoms with Crippen LogP contribution >= 0.6 is 0 Å². The maximum absolute atomic E-state index is 12.2. The first-order chi connectivity index (χ1) is 8.09. The van der Waals surface area contributed by atoms with Gasteiger partial charge in [0, 0.05) is 24.7 Å². The Labute approximate surface area is 111 Å². The summed E-state index contributed by atoms with van der Waals surface area (Å²) in [5.41, 5.74) is 0.0453. The van der Waals surface area contributed by atoms with Crippen LogP contribution in [-0.4, -0.2) is 36.6 Å². The average Bonchev–Trinajstić information content (AvgIpc) is 2.13. The molecule has 1 saturated heterocycles. The zero-order chi connectivity index (χ0) is 14.0. The molecule has 4 nitrogen and oxygen atoms in total. The highest BCUT2D eigenvalue weighted by molar-refractivity contribution is 5.82. The standard InChI is InChI=1S/C14H29N3O/c1-10-7-16-11(8-15-10)12(18)17-14(5,6)9-13(2,3)4/h10-11,15-16H,7-9H2,1-6H3,(H,17,18). The van der Waals surface area contributed by atoms with Crippen molar-refractivity contribution < 1.29 is 4.79 Å². The molecule has 0 radical (unpaired) electrons. The number of hydrogen-bond donors (Lipinski definition) is 3. The summed E-state index contributed by atoms with van der Waals surface area (Å²) in [5, 5.41) is 9.76. The van der Waals surface area contributed by atoms with Gasteiger partial charge in [-0.2, -0.15) is 0 Å². The second kappa shape index (κ2) is 5.57. The molecule has 1 aliphatic rings. The van der Waals surface area contributed by atoms with Crippen LogP contribution in [-0.2, 0) is 4.79 Å². The minimum absolute atomic E-state index is 0.101. The van der Waals surface area contributed by atoms with E-state index in [1.807, 2.05) is 0 Å². The van der Waals surface area contributed by atoms with Crippen molar-refractivity contribution in [3.63, 3.8) is 0 Å². The number of carbonyl (C=O) groups excluding carboxylic acids is 1. The Morgan fingerprint density at radius 2 is 1.78 bits per heavy atom. The summed E-state index contributed by atoms with van der Waals surface area (Å²) in [4.78, 5) is 12.2. The van der Waals surface area contributed by atoms with Gasteiger partial charge in [-0.25, -0.2) is 0 Å². The fraction of sp³-hybridized carbons (Fsp3) is 0.929. The molecular formula is C14H29N3O. The first-order valence-corrected chi connectivity index (χ1v) is 6.88. The number of nitrogens with one attached hydrogen (secondary N) is 3. The van der Waals surface area contributed by atoms with Crippen LogP contribution in [0, 0.1) is 5.41 Å². The van der Waals surface area contributed by atoms with Crippen LogP contribution in [0.15, 0.2) is 0 Å². The normalized spacial score (nSPS) is 25.9. The van der Waals surface area contributed by atoms with Gasteiger partial charge in [0.1, 0.15) is 0 Å². The fourth-order valence-electron chi connectivity index (χ4n) is 2.76. The lowest BCUT2D eigenvalue weighted by molar-refractivity contribution is -0.125. The molecule has 0 aromatic rings. The molecule has 0 bridgehead atoms. The number of rotatable bonds is 3. The third kappa shape index (κ3) is 5.36. The number of hydrogen-bond acceptors (Lipinski definition) is 3. The van der Waals surface area contributed by atoms with Crippen molar-refractivity contribution in [3.05, 3.63) is 0 Å². The minimum Gasteiger partial charge on any atom is -0.350 e. The molecule has 0 aromatic heterocycles. The Balaban J connectivity index is 2.48. The van der Waals surface area contributed by atoms with E-state index in [0.29, 0.717) is 12.6 Å². The molecule has 1 heterocycles. The van der Waals surface area contributed by atoms with E-state index in [2.05, 4.69) is 57.5 Å². The molecule has 0 saturated carbocycles. The molecule has 18 heavy (non-hydrogen) atoms. The SMILES string of the molecule is CC1CNC(C(=O)NC(C)(C)CC(C)(C)C)CN1. The zero-order valence-electron chi connectivity index (χ0n) is 12.7. The third-order valence-corrected chi connectivity index (χ3v) is 3.09. The van der Waals surface area contributed by atoms with Gasteiger partial charge in [-0.3, -0.25) is 4.79 Å². The molecule has 106 valence electrons. The van der Waals surface area contributed by atoms with Crippen molar-refractivity contribution in [1.29, 1.82) is 0 Å². The highest BCUT2D eigenvalue weighted by Crippen LogP contribution is 2.26. The van der Waals surface area contributed by atoms with Crippen molar-refractivity contribution in [3.8, 4) is 0 Å². The smallest absolute Gasteiger partial charge is 0.238 e. The number of piperazine rings is 1. The predicted octanol–water partition coefficient (Wildman–Crippen LogP) is 1.27. The Hall–Kier alpha value is -0.610. The van der Waals surface area contributed by atoms with Crippen molar-refractivity contribution in [1.82, 2.24) is 16.0 Å². The van der Waals surface area contributed by atoms with E-state index in [9.17, 15) is 4.79 Å². The van der Waals surface area contributed by atoms with Gasteiger partial charge in [0.2, 0.25) is 5.91 Å². The summed E-state index contributed by atoms with van der Waals surface area (Å²) in [5.74, 6) is 0.101. The number of amides is 1. The Morgan fingerprint density at radius 3 is 2.22 bits per heavy atom. The summed E-state index contributed by atoms with van der Waals surface area (Å²) in [7, 11) is 0. The lowest BCUT2D eigenvalue weighted by Gasteiger charge is -2.36. The van der Waals surface area contributed by atoms with Crippen LogP contribution in [0.25, 0.3) is 0 Å². The van der Waals surface area contributed by atoms with Gasteiger partial charge in [-0.15, -0.1) is 0 Å². The van der Waals surface area contributed by atoms with Gasteiger partial charge in [-0.1, -0.05) is 20.8 Å². The molecular weight excluding hydrogens is 226 g/mol. The molecule has 0 spiro atoms. The minimum atomic E-state index is -0.167. The maximum Gasteiger partial charge on any atom is 0.238 e. The van der Waals surface area contributed by atoms with Gasteiger partial charge in [0.25, 0.3) is 0 Å². The zero-order valence-corrected chi connectivity index (χ0v) is 12.7. The van der Waals surface area contributed by atoms with Crippen molar-refractivity contribution in [2.45, 2.75) is 65.6 Å². The van der Waals surface area contributed by atoms with Crippen molar-refractivity contribution in [2.24, 2.45) is 5.41 Å². The highest BCUT2D eigenvalue weighted by atomic mass is 16.2. The van der Waals surface area contributed by atoms with Gasteiger partial charge in [-0.05, 0) is 32.6 Å². The first-order valence-electron chi connectivity index (χ1n) is 6.88. The van der Waals surface area contributed by atoms with E-state index in [-0.39, 0.29) is 22.9 Å². The third-order valence-electron chi connectivity index (χ3n) is 3.09. The van der Waals surface area contributed by atoms with Crippen LogP contribution in [0.5, 0.6) is 0 Å². The van der Waals surface area contributed by atoms with E-state index in [0.717, 1.165) is 13.0 Å². The fourth-order valence-corrected chi connectivity index (χ4v) is 2.76. The summed E-state index contributed by atoms with van der Waals surface area (Å²) >= 11 is 0. The van der Waals surface area contributed by atoms with Crippen LogP contribution in [0.2, 0.25) is 0 Å². The Bertz CT molecular complexity index is 286. The lowest BCUT2D eigenvalue weighted by atomic mass is 9.81. The van der Waals surface area contributed by atoms with Crippen LogP contribution in [0.3, 0.4) is 0 Å². The molecule has 0 aromatic carbocycles. The van der Waals surface area contributed by atoms with Gasteiger partial charge in [0.05, 0.1) is 6.04 Å². The lowest BCUT2D eigenvalue weighted by Crippen LogP contribution is -2.61. The number of carbonyl (C=O) groups is 1. The van der Waals surface area contributed by atoms with E-state index in [4.69, 9.17) is 0 Å². The van der Waals surface area contributed by atoms with Gasteiger partial charge in [0.15, 0.2) is 0 Å². The summed E-state index contributed by atoms with van der Waals surface area (Å²) in [6, 6.07) is 0.331. The topological polar surface area (TPSA) is 53.2 Å². The van der Waals surface area contributed by atoms with Crippen LogP contribution in [0.1, 0.15) is 48.0 Å². The van der Waals surface area contributed by atoms with Crippen LogP contribution < -0.4 is 16.0 Å². The molecule has 1 aliphatic heterocycles. The highest BCUT2D eigenvalue weighted by Gasteiger charge is 2.30. The second-order valence-corrected chi connectivity index (χ2v) is 7.38. The molecule has 4 heteroatoms. The molecule has 1 amide bonds. The second-order valence-electron chi connectivity index (χ2n) is 7.38. The van der Waals surface area contributed by atoms with Crippen molar-refractivity contribution in [2.75, 3.05) is 13.1 Å². The van der Waals surface area contributed by atoms with E-state index in [1.165, 1.54) is 0 Å². The summed E-state index contributed by atoms with van der Waals surface area (Å²) in [6.07, 6.45) is 0.961. The van der Waals surface area contributed by atoms with Crippen LogP contribution in [0.4, 0.5) is 0 Å². The average molecular weight is 255 g/mol. The molecule has 3 N–H and O–H groups in total. The molecule has 2 atom stereocenters. The Morgan fingerprint density at radius 1 is 1.17 bits per heavy atom. The monoisotopic (exact) mass is 255 g/mol. The Kier molecular flexibility index (Phi) is 4.78. The maximum atomic E-state index is 12.2. The van der Waals surface area contributed by atoms with Crippen molar-refractivity contribution >= 4 is 5.91 Å². The van der Waals surface area contributed by atoms with Gasteiger partial charge < -0.3 is 16.0 Å². The quantitative estimate of drug-likeness (QED) is 0.712. The summed E-state index contributed by atoms with van der Waals surface area (Å²) in [6.45, 7) is 14.4. The molecule has 1 fully saturated rings. The predicted molar refractivity (Wildman–Crippen MR) is 75.5 cm³/mol. The molecule has 1 rings (SSSR count). The van der Waals surface area contributed by atoms with E-state index < -0.39 is 0 Å². The molecule has 0 aliphatic carbocycles. The molecule has 2 unspecified atom stereocenters. The first kappa shape index (κ1) is 15.4. The summed E-state index contributed by atoms with van der Waals surface area (Å²) < 4.78 is 0. The van der Waals surface area contributed by atoms with E-state index in [1.54, 1.807) is 0 Å². The van der Waals surface area contributed by atoms with E-state index >= 15 is 0 Å². The largest absolute Gasteiger partial charge is 0.350 e.